The van der Waals surface area contributed by atoms with Crippen molar-refractivity contribution in [3.05, 3.63) is 40.7 Å². The first kappa shape index (κ1) is 19.4. The largest absolute Gasteiger partial charge is 0.486 e. The van der Waals surface area contributed by atoms with Crippen molar-refractivity contribution in [1.29, 1.82) is 0 Å². The van der Waals surface area contributed by atoms with Gasteiger partial charge in [-0.15, -0.1) is 0 Å². The molecule has 0 saturated carbocycles. The lowest BCUT2D eigenvalue weighted by Crippen LogP contribution is -2.45. The van der Waals surface area contributed by atoms with Gasteiger partial charge in [0.2, 0.25) is 0 Å². The van der Waals surface area contributed by atoms with Gasteiger partial charge in [0, 0.05) is 43.5 Å². The lowest BCUT2D eigenvalue weighted by molar-refractivity contribution is 0.0713. The number of aryl methyl sites for hydroxylation is 1. The number of rotatable bonds is 4. The summed E-state index contributed by atoms with van der Waals surface area (Å²) in [6.45, 7) is 7.66. The molecule has 0 spiro atoms. The second-order valence-electron chi connectivity index (χ2n) is 7.77. The van der Waals surface area contributed by atoms with Crippen LogP contribution in [0.1, 0.15) is 51.9 Å². The number of hydrogen-bond acceptors (Lipinski definition) is 5. The van der Waals surface area contributed by atoms with Gasteiger partial charge in [0.1, 0.15) is 13.2 Å². The smallest absolute Gasteiger partial charge is 0.256 e. The number of ketones is 1. The van der Waals surface area contributed by atoms with Crippen LogP contribution in [-0.2, 0) is 0 Å². The number of aromatic amines is 1. The molecular formula is C22H27N3O4. The third kappa shape index (κ3) is 3.81. The monoisotopic (exact) mass is 397 g/mol. The number of nitrogens with one attached hydrogen (secondary N) is 2. The molecule has 0 radical (unpaired) electrons. The van der Waals surface area contributed by atoms with Crippen LogP contribution in [0.2, 0.25) is 0 Å². The second-order valence-corrected chi connectivity index (χ2v) is 7.77. The van der Waals surface area contributed by atoms with E-state index in [9.17, 15) is 9.59 Å². The normalized spacial score (nSPS) is 18.4. The maximum atomic E-state index is 13.2. The standard InChI is InChI=1S/C22H27N3O4/c1-13-20(14(2)23-21(13)15(3)26)22(27)25-8-4-5-17(12-25)24-16-6-7-18-19(11-16)29-10-9-28-18/h6-7,11,17,23-24H,4-5,8-10,12H2,1-3H3. The molecule has 2 N–H and O–H groups in total. The first-order valence-electron chi connectivity index (χ1n) is 10.1. The third-order valence-corrected chi connectivity index (χ3v) is 5.62. The molecule has 29 heavy (non-hydrogen) atoms. The Labute approximate surface area is 170 Å². The van der Waals surface area contributed by atoms with E-state index in [1.54, 1.807) is 0 Å². The minimum Gasteiger partial charge on any atom is -0.486 e. The topological polar surface area (TPSA) is 83.7 Å². The second kappa shape index (κ2) is 7.81. The van der Waals surface area contributed by atoms with Gasteiger partial charge in [-0.05, 0) is 44.4 Å². The number of amides is 1. The maximum Gasteiger partial charge on any atom is 0.256 e. The summed E-state index contributed by atoms with van der Waals surface area (Å²) in [5, 5.41) is 3.53. The fourth-order valence-corrected chi connectivity index (χ4v) is 4.23. The zero-order chi connectivity index (χ0) is 20.5. The molecule has 7 nitrogen and oxygen atoms in total. The minimum atomic E-state index is -0.0542. The summed E-state index contributed by atoms with van der Waals surface area (Å²) in [7, 11) is 0. The highest BCUT2D eigenvalue weighted by Gasteiger charge is 2.29. The quantitative estimate of drug-likeness (QED) is 0.774. The molecule has 3 heterocycles. The molecule has 1 aromatic heterocycles. The van der Waals surface area contributed by atoms with Gasteiger partial charge in [0.25, 0.3) is 5.91 Å². The number of aromatic nitrogens is 1. The van der Waals surface area contributed by atoms with Gasteiger partial charge in [0.15, 0.2) is 17.3 Å². The molecule has 0 bridgehead atoms. The Kier molecular flexibility index (Phi) is 5.22. The molecule has 154 valence electrons. The van der Waals surface area contributed by atoms with Crippen LogP contribution >= 0.6 is 0 Å². The number of likely N-dealkylation sites (tertiary alicyclic amines) is 1. The van der Waals surface area contributed by atoms with Crippen LogP contribution in [-0.4, -0.2) is 53.9 Å². The number of piperidine rings is 1. The van der Waals surface area contributed by atoms with Crippen LogP contribution in [0.3, 0.4) is 0 Å². The van der Waals surface area contributed by atoms with Crippen molar-refractivity contribution in [2.45, 2.75) is 39.7 Å². The van der Waals surface area contributed by atoms with Crippen molar-refractivity contribution < 1.29 is 19.1 Å². The predicted molar refractivity (Wildman–Crippen MR) is 110 cm³/mol. The van der Waals surface area contributed by atoms with Crippen LogP contribution in [0.5, 0.6) is 11.5 Å². The number of carbonyl (C=O) groups excluding carboxylic acids is 2. The molecular weight excluding hydrogens is 370 g/mol. The molecule has 0 aliphatic carbocycles. The Balaban J connectivity index is 1.47. The van der Waals surface area contributed by atoms with Gasteiger partial charge in [0.05, 0.1) is 11.3 Å². The zero-order valence-corrected chi connectivity index (χ0v) is 17.1. The van der Waals surface area contributed by atoms with Crippen molar-refractivity contribution in [2.75, 3.05) is 31.6 Å². The van der Waals surface area contributed by atoms with E-state index >= 15 is 0 Å². The van der Waals surface area contributed by atoms with Gasteiger partial charge < -0.3 is 24.7 Å². The highest BCUT2D eigenvalue weighted by atomic mass is 16.6. The van der Waals surface area contributed by atoms with E-state index in [0.717, 1.165) is 47.8 Å². The van der Waals surface area contributed by atoms with E-state index in [-0.39, 0.29) is 17.7 Å². The molecule has 1 aromatic carbocycles. The van der Waals surface area contributed by atoms with Gasteiger partial charge in [-0.3, -0.25) is 9.59 Å². The SMILES string of the molecule is CC(=O)c1[nH]c(C)c(C(=O)N2CCCC(Nc3ccc4c(c3)OCCO4)C2)c1C. The molecule has 2 aliphatic rings. The Morgan fingerprint density at radius 3 is 2.66 bits per heavy atom. The van der Waals surface area contributed by atoms with Crippen LogP contribution < -0.4 is 14.8 Å². The number of nitrogens with zero attached hydrogens (tertiary/aromatic N) is 1. The number of anilines is 1. The van der Waals surface area contributed by atoms with Gasteiger partial charge in [-0.25, -0.2) is 0 Å². The number of H-pyrrole nitrogens is 1. The zero-order valence-electron chi connectivity index (χ0n) is 17.1. The Morgan fingerprint density at radius 1 is 1.17 bits per heavy atom. The van der Waals surface area contributed by atoms with Crippen molar-refractivity contribution in [2.24, 2.45) is 0 Å². The molecule has 2 aromatic rings. The first-order chi connectivity index (χ1) is 13.9. The number of hydrogen-bond donors (Lipinski definition) is 2. The molecule has 4 rings (SSSR count). The first-order valence-corrected chi connectivity index (χ1v) is 10.1. The van der Waals surface area contributed by atoms with E-state index in [1.165, 1.54) is 6.92 Å². The molecule has 1 fully saturated rings. The lowest BCUT2D eigenvalue weighted by Gasteiger charge is -2.34. The summed E-state index contributed by atoms with van der Waals surface area (Å²) < 4.78 is 11.2. The number of fused-ring (bicyclic) bond motifs is 1. The fraction of sp³-hybridized carbons (Fsp3) is 0.455. The van der Waals surface area contributed by atoms with E-state index in [2.05, 4.69) is 10.3 Å². The summed E-state index contributed by atoms with van der Waals surface area (Å²) in [6, 6.07) is 6.00. The number of carbonyl (C=O) groups is 2. The summed E-state index contributed by atoms with van der Waals surface area (Å²) in [6.07, 6.45) is 1.91. The Hall–Kier alpha value is -2.96. The van der Waals surface area contributed by atoms with E-state index < -0.39 is 0 Å². The molecule has 1 atom stereocenters. The Bertz CT molecular complexity index is 950. The van der Waals surface area contributed by atoms with Gasteiger partial charge in [-0.2, -0.15) is 0 Å². The highest BCUT2D eigenvalue weighted by molar-refractivity contribution is 6.02. The number of Topliss-reactive ketones (excluding diaryl/α,β-unsaturated/α-hetero) is 1. The molecule has 2 aliphatic heterocycles. The average Bonchev–Trinajstić information content (AvgIpc) is 3.02. The Morgan fingerprint density at radius 2 is 1.93 bits per heavy atom. The number of benzene rings is 1. The van der Waals surface area contributed by atoms with Crippen LogP contribution in [0.4, 0.5) is 5.69 Å². The maximum absolute atomic E-state index is 13.2. The third-order valence-electron chi connectivity index (χ3n) is 5.62. The van der Waals surface area contributed by atoms with Crippen molar-refractivity contribution in [3.63, 3.8) is 0 Å². The molecule has 1 saturated heterocycles. The van der Waals surface area contributed by atoms with Crippen molar-refractivity contribution >= 4 is 17.4 Å². The average molecular weight is 397 g/mol. The van der Waals surface area contributed by atoms with Crippen molar-refractivity contribution in [3.8, 4) is 11.5 Å². The summed E-state index contributed by atoms with van der Waals surface area (Å²) in [5.41, 5.74) is 3.59. The van der Waals surface area contributed by atoms with Crippen LogP contribution in [0.15, 0.2) is 18.2 Å². The summed E-state index contributed by atoms with van der Waals surface area (Å²) in [4.78, 5) is 30.0. The summed E-state index contributed by atoms with van der Waals surface area (Å²) >= 11 is 0. The van der Waals surface area contributed by atoms with Crippen molar-refractivity contribution in [1.82, 2.24) is 9.88 Å². The van der Waals surface area contributed by atoms with Gasteiger partial charge in [-0.1, -0.05) is 0 Å². The highest BCUT2D eigenvalue weighted by Crippen LogP contribution is 2.33. The molecule has 1 amide bonds. The fourth-order valence-electron chi connectivity index (χ4n) is 4.23. The minimum absolute atomic E-state index is 0.0163. The lowest BCUT2D eigenvalue weighted by atomic mass is 10.0. The van der Waals surface area contributed by atoms with E-state index in [0.29, 0.717) is 31.0 Å². The van der Waals surface area contributed by atoms with Crippen LogP contribution in [0, 0.1) is 13.8 Å². The van der Waals surface area contributed by atoms with E-state index in [1.807, 2.05) is 36.9 Å². The number of ether oxygens (including phenoxy) is 2. The summed E-state index contributed by atoms with van der Waals surface area (Å²) in [5.74, 6) is 1.45. The molecule has 1 unspecified atom stereocenters. The van der Waals surface area contributed by atoms with E-state index in [4.69, 9.17) is 9.47 Å². The van der Waals surface area contributed by atoms with Crippen LogP contribution in [0.25, 0.3) is 0 Å². The van der Waals surface area contributed by atoms with Gasteiger partial charge >= 0.3 is 0 Å². The predicted octanol–water partition coefficient (Wildman–Crippen LogP) is 3.32. The molecule has 7 heteroatoms.